The van der Waals surface area contributed by atoms with E-state index in [2.05, 4.69) is 18.5 Å². The molecule has 0 saturated carbocycles. The number of unbranched alkanes of at least 4 members (excludes halogenated alkanes) is 2. The van der Waals surface area contributed by atoms with Crippen molar-refractivity contribution in [2.24, 2.45) is 0 Å². The highest BCUT2D eigenvalue weighted by molar-refractivity contribution is 7.68. The van der Waals surface area contributed by atoms with E-state index in [1.807, 2.05) is 60.7 Å². The van der Waals surface area contributed by atoms with E-state index in [-0.39, 0.29) is 0 Å². The summed E-state index contributed by atoms with van der Waals surface area (Å²) >= 11 is 13.2. The van der Waals surface area contributed by atoms with E-state index in [1.54, 1.807) is 11.6 Å². The summed E-state index contributed by atoms with van der Waals surface area (Å²) < 4.78 is 16.4. The molecule has 1 atom stereocenters. The molecule has 2 aromatic carbocycles. The lowest BCUT2D eigenvalue weighted by molar-refractivity contribution is 0.403. The van der Waals surface area contributed by atoms with Gasteiger partial charge in [-0.2, -0.15) is 0 Å². The van der Waals surface area contributed by atoms with Crippen molar-refractivity contribution in [1.29, 1.82) is 0 Å². The molecule has 156 valence electrons. The van der Waals surface area contributed by atoms with Gasteiger partial charge in [-0.3, -0.25) is 4.57 Å². The van der Waals surface area contributed by atoms with Crippen LogP contribution in [0, 0.1) is 0 Å². The normalized spacial score (nSPS) is 14.8. The van der Waals surface area contributed by atoms with Gasteiger partial charge in [0.15, 0.2) is 7.29 Å². The van der Waals surface area contributed by atoms with Crippen LogP contribution in [0.3, 0.4) is 0 Å². The van der Waals surface area contributed by atoms with Crippen molar-refractivity contribution in [1.82, 2.24) is 4.67 Å². The third kappa shape index (κ3) is 7.46. The van der Waals surface area contributed by atoms with E-state index < -0.39 is 7.29 Å². The third-order valence-corrected chi connectivity index (χ3v) is 8.18. The summed E-state index contributed by atoms with van der Waals surface area (Å²) in [5.74, 6) is 3.42. The van der Waals surface area contributed by atoms with Crippen molar-refractivity contribution < 1.29 is 4.57 Å². The van der Waals surface area contributed by atoms with Gasteiger partial charge in [-0.05, 0) is 24.0 Å². The quantitative estimate of drug-likeness (QED) is 0.319. The van der Waals surface area contributed by atoms with Gasteiger partial charge in [0.2, 0.25) is 0 Å². The molecule has 2 aromatic rings. The molecule has 5 heteroatoms. The number of hydrogen-bond donors (Lipinski definition) is 0. The van der Waals surface area contributed by atoms with Crippen LogP contribution < -0.4 is 0 Å². The molecule has 0 aliphatic carbocycles. The average Bonchev–Trinajstić information content (AvgIpc) is 2.74. The van der Waals surface area contributed by atoms with Gasteiger partial charge in [-0.25, -0.2) is 4.67 Å². The minimum atomic E-state index is -3.09. The second kappa shape index (κ2) is 12.4. The number of rotatable bonds is 11. The molecule has 0 spiro atoms. The maximum absolute atomic E-state index is 14.3. The first-order valence-corrected chi connectivity index (χ1v) is 12.8. The van der Waals surface area contributed by atoms with Crippen LogP contribution in [0.4, 0.5) is 0 Å². The predicted molar refractivity (Wildman–Crippen MR) is 130 cm³/mol. The lowest BCUT2D eigenvalue weighted by Gasteiger charge is -2.28. The van der Waals surface area contributed by atoms with Crippen LogP contribution >= 0.6 is 30.5 Å². The summed E-state index contributed by atoms with van der Waals surface area (Å²) in [5.41, 5.74) is 1.70. The molecule has 0 aromatic heterocycles. The van der Waals surface area contributed by atoms with E-state index >= 15 is 0 Å². The van der Waals surface area contributed by atoms with Gasteiger partial charge in [0, 0.05) is 24.7 Å². The van der Waals surface area contributed by atoms with Gasteiger partial charge in [0.1, 0.15) is 0 Å². The zero-order valence-corrected chi connectivity index (χ0v) is 19.6. The van der Waals surface area contributed by atoms with E-state index in [0.717, 1.165) is 49.9 Å². The number of hydrogen-bond acceptors (Lipinski definition) is 1. The second-order valence-corrected chi connectivity index (χ2v) is 10.3. The van der Waals surface area contributed by atoms with Gasteiger partial charge < -0.3 is 0 Å². The Hall–Kier alpha value is -1.31. The highest BCUT2D eigenvalue weighted by Gasteiger charge is 2.27. The maximum Gasteiger partial charge on any atom is 0.196 e. The molecule has 0 N–H and O–H groups in total. The van der Waals surface area contributed by atoms with Crippen LogP contribution in [0.5, 0.6) is 0 Å². The molecular weight excluding hydrogens is 420 g/mol. The fourth-order valence-electron chi connectivity index (χ4n) is 2.97. The summed E-state index contributed by atoms with van der Waals surface area (Å²) in [6.07, 6.45) is 4.02. The molecule has 0 bridgehead atoms. The first-order chi connectivity index (χ1) is 14.0. The molecule has 0 aliphatic rings. The average molecular weight is 450 g/mol. The van der Waals surface area contributed by atoms with Crippen molar-refractivity contribution in [2.75, 3.05) is 13.1 Å². The first kappa shape index (κ1) is 24.0. The molecule has 0 fully saturated rings. The Bertz CT molecular complexity index is 782. The van der Waals surface area contributed by atoms with E-state index in [4.69, 9.17) is 23.2 Å². The molecule has 0 radical (unpaired) electrons. The molecule has 0 aliphatic heterocycles. The molecule has 0 saturated heterocycles. The van der Waals surface area contributed by atoms with Gasteiger partial charge in [0.05, 0.1) is 10.1 Å². The maximum atomic E-state index is 14.3. The molecule has 29 heavy (non-hydrogen) atoms. The zero-order chi connectivity index (χ0) is 21.1. The largest absolute Gasteiger partial charge is 0.297 e. The summed E-state index contributed by atoms with van der Waals surface area (Å²) in [7, 11) is -3.09. The highest BCUT2D eigenvalue weighted by Crippen LogP contribution is 2.57. The summed E-state index contributed by atoms with van der Waals surface area (Å²) in [4.78, 5) is 0. The Morgan fingerprint density at radius 2 is 1.17 bits per heavy atom. The van der Waals surface area contributed by atoms with Crippen molar-refractivity contribution >= 4 is 40.6 Å². The molecule has 0 amide bonds. The monoisotopic (exact) mass is 449 g/mol. The van der Waals surface area contributed by atoms with Crippen LogP contribution in [0.15, 0.2) is 72.3 Å². The fraction of sp³-hybridized carbons (Fsp3) is 0.333. The predicted octanol–water partition coefficient (Wildman–Crippen LogP) is 8.64. The van der Waals surface area contributed by atoms with E-state index in [1.165, 1.54) is 0 Å². The molecular formula is C24H30Cl2NOP. The number of halogens is 2. The fourth-order valence-corrected chi connectivity index (χ4v) is 6.32. The lowest BCUT2D eigenvalue weighted by Crippen LogP contribution is -2.21. The number of benzene rings is 2. The summed E-state index contributed by atoms with van der Waals surface area (Å²) in [6.45, 7) is 5.78. The van der Waals surface area contributed by atoms with Crippen molar-refractivity contribution in [2.45, 2.75) is 39.5 Å². The standard InChI is InChI=1S/C24H30Cl2NOP/c1-3-5-17-27(18-6-4-2)29(28,19-23(25)21-13-9-7-10-14-21)20-24(26)22-15-11-8-12-16-22/h7-16,19-20H,3-6,17-18H2,1-2H3/b23-19-,24-20+. The van der Waals surface area contributed by atoms with Crippen LogP contribution in [-0.4, -0.2) is 17.8 Å². The van der Waals surface area contributed by atoms with Crippen molar-refractivity contribution in [3.8, 4) is 0 Å². The smallest absolute Gasteiger partial charge is 0.196 e. The summed E-state index contributed by atoms with van der Waals surface area (Å²) in [5, 5.41) is 0.974. The van der Waals surface area contributed by atoms with Crippen LogP contribution in [-0.2, 0) is 4.57 Å². The van der Waals surface area contributed by atoms with Crippen LogP contribution in [0.1, 0.15) is 50.7 Å². The minimum absolute atomic E-state index is 0.487. The van der Waals surface area contributed by atoms with Gasteiger partial charge in [-0.1, -0.05) is 111 Å². The topological polar surface area (TPSA) is 20.3 Å². The van der Waals surface area contributed by atoms with Crippen molar-refractivity contribution in [3.63, 3.8) is 0 Å². The third-order valence-electron chi connectivity index (χ3n) is 4.68. The Labute approximate surface area is 185 Å². The Kier molecular flexibility index (Phi) is 10.2. The van der Waals surface area contributed by atoms with Crippen molar-refractivity contribution in [3.05, 3.63) is 83.4 Å². The molecule has 2 nitrogen and oxygen atoms in total. The minimum Gasteiger partial charge on any atom is -0.297 e. The molecule has 0 heterocycles. The highest BCUT2D eigenvalue weighted by atomic mass is 35.5. The van der Waals surface area contributed by atoms with Crippen LogP contribution in [0.2, 0.25) is 0 Å². The lowest BCUT2D eigenvalue weighted by atomic mass is 10.2. The molecule has 1 unspecified atom stereocenters. The first-order valence-electron chi connectivity index (χ1n) is 10.2. The summed E-state index contributed by atoms with van der Waals surface area (Å²) in [6, 6.07) is 19.3. The Balaban J connectivity index is 2.51. The Morgan fingerprint density at radius 1 is 0.793 bits per heavy atom. The van der Waals surface area contributed by atoms with E-state index in [9.17, 15) is 4.57 Å². The van der Waals surface area contributed by atoms with Crippen LogP contribution in [0.25, 0.3) is 10.1 Å². The van der Waals surface area contributed by atoms with E-state index in [0.29, 0.717) is 10.1 Å². The Morgan fingerprint density at radius 3 is 1.52 bits per heavy atom. The molecule has 2 rings (SSSR count). The zero-order valence-electron chi connectivity index (χ0n) is 17.2. The van der Waals surface area contributed by atoms with Gasteiger partial charge in [-0.15, -0.1) is 0 Å². The SMILES string of the molecule is CCCCN(CCCC)P(=O)(/C=C(\Cl)c1ccccc1)/C=C(/Cl)c1ccccc1. The number of nitrogens with zero attached hydrogens (tertiary/aromatic N) is 1. The van der Waals surface area contributed by atoms with Gasteiger partial charge >= 0.3 is 0 Å². The second-order valence-electron chi connectivity index (χ2n) is 7.02. The van der Waals surface area contributed by atoms with Gasteiger partial charge in [0.25, 0.3) is 0 Å².